The second kappa shape index (κ2) is 1.78. The Hall–Kier alpha value is -1.12. The fourth-order valence-corrected chi connectivity index (χ4v) is 0.418. The Bertz CT molecular complexity index is 178. The van der Waals surface area contributed by atoms with E-state index in [2.05, 4.69) is 16.9 Å². The van der Waals surface area contributed by atoms with Crippen molar-refractivity contribution in [2.75, 3.05) is 0 Å². The predicted octanol–water partition coefficient (Wildman–Crippen LogP) is 0.426. The molecule has 0 aromatic carbocycles. The van der Waals surface area contributed by atoms with E-state index in [9.17, 15) is 4.79 Å². The average molecular weight is 109 g/mol. The minimum Gasteiger partial charge on any atom is -0.342 e. The summed E-state index contributed by atoms with van der Waals surface area (Å²) >= 11 is 0. The molecule has 41 valence electrons. The van der Waals surface area contributed by atoms with Crippen molar-refractivity contribution >= 4 is 5.78 Å². The minimum absolute atomic E-state index is 0.282. The van der Waals surface area contributed by atoms with Crippen LogP contribution in [0.4, 0.5) is 0 Å². The van der Waals surface area contributed by atoms with Crippen LogP contribution in [0.15, 0.2) is 12.4 Å². The standard InChI is InChI=1S/C5H5N2O/c1-4(8)5-6-2-3-7-5/h2-3H,1H2,(H,6,7). The summed E-state index contributed by atoms with van der Waals surface area (Å²) in [4.78, 5) is 16.6. The lowest BCUT2D eigenvalue weighted by Crippen LogP contribution is -1.93. The Morgan fingerprint density at radius 1 is 1.88 bits per heavy atom. The number of nitrogens with one attached hydrogen (secondary N) is 1. The molecular weight excluding hydrogens is 104 g/mol. The minimum atomic E-state index is -0.282. The van der Waals surface area contributed by atoms with Crippen molar-refractivity contribution in [3.8, 4) is 0 Å². The van der Waals surface area contributed by atoms with Gasteiger partial charge >= 0.3 is 0 Å². The van der Waals surface area contributed by atoms with Crippen molar-refractivity contribution in [3.05, 3.63) is 25.1 Å². The van der Waals surface area contributed by atoms with E-state index in [-0.39, 0.29) is 5.78 Å². The Morgan fingerprint density at radius 2 is 2.62 bits per heavy atom. The number of rotatable bonds is 1. The molecule has 3 heteroatoms. The van der Waals surface area contributed by atoms with Crippen LogP contribution in [0, 0.1) is 6.92 Å². The van der Waals surface area contributed by atoms with E-state index >= 15 is 0 Å². The molecule has 1 rings (SSSR count). The smallest absolute Gasteiger partial charge is 0.198 e. The molecule has 0 aliphatic carbocycles. The number of ketones is 1. The third-order valence-electron chi connectivity index (χ3n) is 0.762. The zero-order valence-electron chi connectivity index (χ0n) is 4.22. The summed E-state index contributed by atoms with van der Waals surface area (Å²) in [7, 11) is 0. The van der Waals surface area contributed by atoms with E-state index in [1.807, 2.05) is 0 Å². The monoisotopic (exact) mass is 109 g/mol. The van der Waals surface area contributed by atoms with Crippen LogP contribution in [0.1, 0.15) is 10.6 Å². The number of nitrogens with zero attached hydrogens (tertiary/aromatic N) is 1. The van der Waals surface area contributed by atoms with E-state index in [0.29, 0.717) is 5.82 Å². The summed E-state index contributed by atoms with van der Waals surface area (Å²) in [5.41, 5.74) is 0. The van der Waals surface area contributed by atoms with Crippen LogP contribution in [0.25, 0.3) is 0 Å². The number of carbonyl (C=O) groups is 1. The predicted molar refractivity (Wildman–Crippen MR) is 28.3 cm³/mol. The van der Waals surface area contributed by atoms with Gasteiger partial charge in [-0.1, -0.05) is 0 Å². The van der Waals surface area contributed by atoms with Crippen molar-refractivity contribution in [3.63, 3.8) is 0 Å². The molecular formula is C5H5N2O. The molecule has 1 aromatic heterocycles. The van der Waals surface area contributed by atoms with Crippen LogP contribution in [0.5, 0.6) is 0 Å². The SMILES string of the molecule is [CH2]C(=O)c1ncc[nH]1. The van der Waals surface area contributed by atoms with Crippen LogP contribution in [0.2, 0.25) is 0 Å². The fraction of sp³-hybridized carbons (Fsp3) is 0. The van der Waals surface area contributed by atoms with Gasteiger partial charge in [0.25, 0.3) is 0 Å². The summed E-state index contributed by atoms with van der Waals surface area (Å²) in [5, 5.41) is 0. The first-order valence-electron chi connectivity index (χ1n) is 2.16. The maximum Gasteiger partial charge on any atom is 0.198 e. The molecule has 0 amide bonds. The maximum absolute atomic E-state index is 10.3. The molecule has 0 spiro atoms. The molecule has 3 nitrogen and oxygen atoms in total. The van der Waals surface area contributed by atoms with Crippen molar-refractivity contribution in [1.29, 1.82) is 0 Å². The number of aromatic nitrogens is 2. The second-order valence-corrected chi connectivity index (χ2v) is 1.36. The number of Topliss-reactive ketones (excluding diaryl/α,β-unsaturated/α-hetero) is 1. The van der Waals surface area contributed by atoms with Gasteiger partial charge in [-0.2, -0.15) is 0 Å². The van der Waals surface area contributed by atoms with Crippen LogP contribution < -0.4 is 0 Å². The zero-order chi connectivity index (χ0) is 5.98. The Kier molecular flexibility index (Phi) is 1.12. The first-order chi connectivity index (χ1) is 3.80. The molecule has 0 fully saturated rings. The van der Waals surface area contributed by atoms with Gasteiger partial charge in [0.1, 0.15) is 0 Å². The lowest BCUT2D eigenvalue weighted by Gasteiger charge is -1.79. The highest BCUT2D eigenvalue weighted by molar-refractivity contribution is 5.95. The molecule has 1 radical (unpaired) electrons. The van der Waals surface area contributed by atoms with E-state index < -0.39 is 0 Å². The van der Waals surface area contributed by atoms with Crippen molar-refractivity contribution < 1.29 is 4.79 Å². The molecule has 1 heterocycles. The normalized spacial score (nSPS) is 9.12. The molecule has 0 atom stereocenters. The molecule has 0 saturated carbocycles. The van der Waals surface area contributed by atoms with Gasteiger partial charge in [0.15, 0.2) is 11.6 Å². The van der Waals surface area contributed by atoms with Gasteiger partial charge in [-0.15, -0.1) is 0 Å². The summed E-state index contributed by atoms with van der Waals surface area (Å²) < 4.78 is 0. The van der Waals surface area contributed by atoms with Crippen molar-refractivity contribution in [1.82, 2.24) is 9.97 Å². The second-order valence-electron chi connectivity index (χ2n) is 1.36. The van der Waals surface area contributed by atoms with E-state index in [1.165, 1.54) is 6.20 Å². The van der Waals surface area contributed by atoms with Crippen molar-refractivity contribution in [2.45, 2.75) is 0 Å². The number of carbonyl (C=O) groups excluding carboxylic acids is 1. The molecule has 0 aliphatic rings. The number of aromatic amines is 1. The number of hydrogen-bond donors (Lipinski definition) is 1. The summed E-state index contributed by atoms with van der Waals surface area (Å²) in [6, 6.07) is 0. The molecule has 0 unspecified atom stereocenters. The Balaban J connectivity index is 2.93. The molecule has 0 bridgehead atoms. The summed E-state index contributed by atoms with van der Waals surface area (Å²) in [6.07, 6.45) is 3.09. The lowest BCUT2D eigenvalue weighted by atomic mass is 10.4. The largest absolute Gasteiger partial charge is 0.342 e. The summed E-state index contributed by atoms with van der Waals surface area (Å²) in [6.45, 7) is 3.15. The van der Waals surface area contributed by atoms with Crippen LogP contribution >= 0.6 is 0 Å². The van der Waals surface area contributed by atoms with E-state index in [4.69, 9.17) is 0 Å². The van der Waals surface area contributed by atoms with Gasteiger partial charge < -0.3 is 4.98 Å². The van der Waals surface area contributed by atoms with Crippen molar-refractivity contribution in [2.24, 2.45) is 0 Å². The number of imidazole rings is 1. The quantitative estimate of drug-likeness (QED) is 0.531. The van der Waals surface area contributed by atoms with Crippen LogP contribution in [-0.2, 0) is 0 Å². The van der Waals surface area contributed by atoms with Gasteiger partial charge in [0.2, 0.25) is 0 Å². The summed E-state index contributed by atoms with van der Waals surface area (Å²) in [5.74, 6) is 0.0278. The highest BCUT2D eigenvalue weighted by atomic mass is 16.1. The van der Waals surface area contributed by atoms with Gasteiger partial charge in [0, 0.05) is 19.3 Å². The third kappa shape index (κ3) is 0.753. The molecule has 0 saturated heterocycles. The van der Waals surface area contributed by atoms with Gasteiger partial charge in [-0.05, 0) is 0 Å². The van der Waals surface area contributed by atoms with Gasteiger partial charge in [-0.3, -0.25) is 4.79 Å². The van der Waals surface area contributed by atoms with E-state index in [0.717, 1.165) is 0 Å². The molecule has 1 aromatic rings. The molecule has 8 heavy (non-hydrogen) atoms. The first kappa shape index (κ1) is 5.03. The van der Waals surface area contributed by atoms with Gasteiger partial charge in [-0.25, -0.2) is 4.98 Å². The molecule has 1 N–H and O–H groups in total. The fourth-order valence-electron chi connectivity index (χ4n) is 0.418. The Labute approximate surface area is 46.8 Å². The van der Waals surface area contributed by atoms with E-state index in [1.54, 1.807) is 6.20 Å². The Morgan fingerprint density at radius 3 is 2.88 bits per heavy atom. The number of H-pyrrole nitrogens is 1. The molecule has 0 aliphatic heterocycles. The first-order valence-corrected chi connectivity index (χ1v) is 2.16. The highest BCUT2D eigenvalue weighted by Crippen LogP contribution is 1.86. The third-order valence-corrected chi connectivity index (χ3v) is 0.762. The van der Waals surface area contributed by atoms with Crippen LogP contribution in [-0.4, -0.2) is 15.8 Å². The average Bonchev–Trinajstić information content (AvgIpc) is 2.12. The van der Waals surface area contributed by atoms with Gasteiger partial charge in [0.05, 0.1) is 0 Å². The topological polar surface area (TPSA) is 45.8 Å². The number of hydrogen-bond acceptors (Lipinski definition) is 2. The maximum atomic E-state index is 10.3. The highest BCUT2D eigenvalue weighted by Gasteiger charge is 1.96. The zero-order valence-corrected chi connectivity index (χ0v) is 4.22. The lowest BCUT2D eigenvalue weighted by molar-refractivity contribution is 0.103. The van der Waals surface area contributed by atoms with Crippen LogP contribution in [0.3, 0.4) is 0 Å².